The highest BCUT2D eigenvalue weighted by Gasteiger charge is 2.25. The maximum Gasteiger partial charge on any atom is 0.241 e. The highest BCUT2D eigenvalue weighted by molar-refractivity contribution is 7.89. The molecule has 8 heteroatoms. The van der Waals surface area contributed by atoms with Crippen molar-refractivity contribution in [3.63, 3.8) is 0 Å². The summed E-state index contributed by atoms with van der Waals surface area (Å²) in [5.74, 6) is 1.07. The molecule has 1 aromatic carbocycles. The van der Waals surface area contributed by atoms with E-state index in [0.29, 0.717) is 22.8 Å². The number of sulfonamides is 1. The normalized spacial score (nSPS) is 13.1. The first-order valence-corrected chi connectivity index (χ1v) is 10.7. The molecule has 150 valence electrons. The van der Waals surface area contributed by atoms with Crippen molar-refractivity contribution >= 4 is 10.0 Å². The third-order valence-electron chi connectivity index (χ3n) is 4.89. The van der Waals surface area contributed by atoms with Crippen LogP contribution in [-0.2, 0) is 16.6 Å². The summed E-state index contributed by atoms with van der Waals surface area (Å²) in [4.78, 5) is 4.31. The monoisotopic (exact) mass is 402 g/mol. The van der Waals surface area contributed by atoms with Crippen LogP contribution in [0.15, 0.2) is 33.7 Å². The van der Waals surface area contributed by atoms with Crippen LogP contribution in [0.4, 0.5) is 0 Å². The zero-order valence-corrected chi connectivity index (χ0v) is 17.9. The summed E-state index contributed by atoms with van der Waals surface area (Å²) >= 11 is 0. The molecule has 0 saturated carbocycles. The predicted molar refractivity (Wildman–Crippen MR) is 108 cm³/mol. The van der Waals surface area contributed by atoms with Crippen molar-refractivity contribution in [1.29, 1.82) is 0 Å². The smallest absolute Gasteiger partial charge is 0.241 e. The number of benzene rings is 1. The molecular weight excluding hydrogens is 376 g/mol. The van der Waals surface area contributed by atoms with E-state index in [9.17, 15) is 8.42 Å². The van der Waals surface area contributed by atoms with E-state index in [2.05, 4.69) is 14.8 Å². The zero-order valence-electron chi connectivity index (χ0n) is 17.1. The summed E-state index contributed by atoms with van der Waals surface area (Å²) in [5, 5.41) is 4.49. The van der Waals surface area contributed by atoms with Gasteiger partial charge < -0.3 is 4.42 Å². The first-order valence-electron chi connectivity index (χ1n) is 9.23. The molecule has 2 heterocycles. The minimum atomic E-state index is -3.74. The summed E-state index contributed by atoms with van der Waals surface area (Å²) < 4.78 is 36.5. The van der Waals surface area contributed by atoms with Gasteiger partial charge in [-0.25, -0.2) is 18.1 Å². The Balaban J connectivity index is 1.96. The molecule has 0 aliphatic carbocycles. The third-order valence-corrected chi connectivity index (χ3v) is 6.57. The van der Waals surface area contributed by atoms with Crippen LogP contribution in [0.5, 0.6) is 0 Å². The van der Waals surface area contributed by atoms with Crippen molar-refractivity contribution in [3.05, 3.63) is 52.8 Å². The highest BCUT2D eigenvalue weighted by atomic mass is 32.2. The lowest BCUT2D eigenvalue weighted by Crippen LogP contribution is -2.28. The van der Waals surface area contributed by atoms with Gasteiger partial charge >= 0.3 is 0 Å². The molecule has 0 radical (unpaired) electrons. The van der Waals surface area contributed by atoms with Crippen LogP contribution in [0.1, 0.15) is 48.3 Å². The van der Waals surface area contributed by atoms with E-state index < -0.39 is 16.1 Å². The number of rotatable bonds is 6. The van der Waals surface area contributed by atoms with Crippen molar-refractivity contribution in [2.24, 2.45) is 0 Å². The molecular formula is C20H26N4O3S. The Morgan fingerprint density at radius 1 is 1.21 bits per heavy atom. The van der Waals surface area contributed by atoms with Crippen LogP contribution in [0.3, 0.4) is 0 Å². The molecule has 28 heavy (non-hydrogen) atoms. The Kier molecular flexibility index (Phi) is 5.45. The van der Waals surface area contributed by atoms with Gasteiger partial charge in [0.1, 0.15) is 0 Å². The lowest BCUT2D eigenvalue weighted by molar-refractivity contribution is 0.534. The number of oxazole rings is 1. The molecule has 1 N–H and O–H groups in total. The fraction of sp³-hybridized carbons (Fsp3) is 0.400. The van der Waals surface area contributed by atoms with Crippen LogP contribution >= 0.6 is 0 Å². The van der Waals surface area contributed by atoms with E-state index >= 15 is 0 Å². The minimum absolute atomic E-state index is 0.226. The first-order chi connectivity index (χ1) is 13.1. The molecule has 0 aliphatic heterocycles. The van der Waals surface area contributed by atoms with Crippen LogP contribution in [-0.4, -0.2) is 23.2 Å². The van der Waals surface area contributed by atoms with E-state index in [1.165, 1.54) is 0 Å². The molecule has 0 spiro atoms. The number of hydrogen-bond donors (Lipinski definition) is 1. The van der Waals surface area contributed by atoms with Gasteiger partial charge in [-0.3, -0.25) is 4.68 Å². The second-order valence-electron chi connectivity index (χ2n) is 6.97. The topological polar surface area (TPSA) is 90.0 Å². The van der Waals surface area contributed by atoms with Gasteiger partial charge in [0.25, 0.3) is 0 Å². The number of nitrogens with zero attached hydrogens (tertiary/aromatic N) is 3. The summed E-state index contributed by atoms with van der Waals surface area (Å²) in [5.41, 5.74) is 4.04. The van der Waals surface area contributed by atoms with Crippen molar-refractivity contribution < 1.29 is 12.8 Å². The zero-order chi connectivity index (χ0) is 20.6. The SMILES string of the molecule is CCn1nc(C)c([C@@H](C)NS(=O)(=O)c2cc(-c3cnc(C)o3)ccc2C)c1C. The average molecular weight is 403 g/mol. The van der Waals surface area contributed by atoms with Gasteiger partial charge in [-0.15, -0.1) is 0 Å². The van der Waals surface area contributed by atoms with E-state index in [1.54, 1.807) is 32.2 Å². The van der Waals surface area contributed by atoms with Crippen LogP contribution in [0.25, 0.3) is 11.3 Å². The van der Waals surface area contributed by atoms with E-state index in [4.69, 9.17) is 4.42 Å². The first kappa shape index (κ1) is 20.3. The van der Waals surface area contributed by atoms with Gasteiger partial charge in [0.15, 0.2) is 11.7 Å². The molecule has 0 aliphatic rings. The highest BCUT2D eigenvalue weighted by Crippen LogP contribution is 2.28. The van der Waals surface area contributed by atoms with Crippen LogP contribution in [0, 0.1) is 27.7 Å². The Morgan fingerprint density at radius 2 is 1.93 bits per heavy atom. The summed E-state index contributed by atoms with van der Waals surface area (Å²) in [7, 11) is -3.74. The summed E-state index contributed by atoms with van der Waals surface area (Å²) in [6, 6.07) is 4.83. The lowest BCUT2D eigenvalue weighted by Gasteiger charge is -2.17. The predicted octanol–water partition coefficient (Wildman–Crippen LogP) is 3.83. The fourth-order valence-corrected chi connectivity index (χ4v) is 5.02. The maximum absolute atomic E-state index is 13.1. The van der Waals surface area contributed by atoms with Gasteiger partial charge in [-0.1, -0.05) is 12.1 Å². The van der Waals surface area contributed by atoms with Gasteiger partial charge in [0.05, 0.1) is 16.8 Å². The Morgan fingerprint density at radius 3 is 2.50 bits per heavy atom. The van der Waals surface area contributed by atoms with Crippen LogP contribution in [0.2, 0.25) is 0 Å². The Bertz CT molecular complexity index is 1110. The second-order valence-corrected chi connectivity index (χ2v) is 8.65. The summed E-state index contributed by atoms with van der Waals surface area (Å²) in [6.45, 7) is 12.0. The van der Waals surface area contributed by atoms with E-state index in [-0.39, 0.29) is 4.90 Å². The Labute approximate surface area is 165 Å². The fourth-order valence-electron chi connectivity index (χ4n) is 3.54. The van der Waals surface area contributed by atoms with Gasteiger partial charge in [-0.2, -0.15) is 5.10 Å². The van der Waals surface area contributed by atoms with E-state index in [0.717, 1.165) is 23.5 Å². The number of aromatic nitrogens is 3. The van der Waals surface area contributed by atoms with Crippen molar-refractivity contribution in [2.45, 2.75) is 59.0 Å². The maximum atomic E-state index is 13.1. The van der Waals surface area contributed by atoms with Crippen molar-refractivity contribution in [1.82, 2.24) is 19.5 Å². The molecule has 1 atom stereocenters. The minimum Gasteiger partial charge on any atom is -0.441 e. The largest absolute Gasteiger partial charge is 0.441 e. The molecule has 3 aromatic rings. The van der Waals surface area contributed by atoms with Crippen molar-refractivity contribution in [2.75, 3.05) is 0 Å². The third kappa shape index (κ3) is 3.74. The molecule has 0 fully saturated rings. The van der Waals surface area contributed by atoms with Gasteiger partial charge in [0, 0.05) is 36.3 Å². The van der Waals surface area contributed by atoms with Crippen molar-refractivity contribution in [3.8, 4) is 11.3 Å². The second kappa shape index (κ2) is 7.52. The molecule has 3 rings (SSSR count). The lowest BCUT2D eigenvalue weighted by atomic mass is 10.1. The van der Waals surface area contributed by atoms with E-state index in [1.807, 2.05) is 38.4 Å². The average Bonchev–Trinajstić information content (AvgIpc) is 3.17. The summed E-state index contributed by atoms with van der Waals surface area (Å²) in [6.07, 6.45) is 1.60. The molecule has 7 nitrogen and oxygen atoms in total. The number of hydrogen-bond acceptors (Lipinski definition) is 5. The Hall–Kier alpha value is -2.45. The quantitative estimate of drug-likeness (QED) is 0.677. The molecule has 0 unspecified atom stereocenters. The molecule has 0 saturated heterocycles. The van der Waals surface area contributed by atoms with Gasteiger partial charge in [0.2, 0.25) is 10.0 Å². The van der Waals surface area contributed by atoms with Gasteiger partial charge in [-0.05, 0) is 46.2 Å². The molecule has 0 amide bonds. The standard InChI is InChI=1S/C20H26N4O3S/c1-7-24-15(5)20(13(3)22-24)14(4)23-28(25,26)19-10-17(9-8-12(19)2)18-11-21-16(6)27-18/h8-11,14,23H,7H2,1-6H3/t14-/m1/s1. The molecule has 2 aromatic heterocycles. The molecule has 0 bridgehead atoms. The van der Waals surface area contributed by atoms with Crippen LogP contribution < -0.4 is 4.72 Å². The number of aryl methyl sites for hydroxylation is 4. The number of nitrogens with one attached hydrogen (secondary N) is 1.